The Bertz CT molecular complexity index is 458. The van der Waals surface area contributed by atoms with Gasteiger partial charge in [-0.15, -0.1) is 0 Å². The lowest BCUT2D eigenvalue weighted by Crippen LogP contribution is -2.39. The maximum atomic E-state index is 12.5. The number of carbonyl (C=O) groups excluding carboxylic acids is 1. The van der Waals surface area contributed by atoms with E-state index in [4.69, 9.17) is 4.74 Å². The molecule has 2 rings (SSSR count). The highest BCUT2D eigenvalue weighted by Gasteiger charge is 2.25. The standard InChI is InChI=1S/C19H29NO2/c1-19(2,3)22-18(21)20(14-16-10-6-4-7-11-16)15-17-12-8-5-9-13-17/h4,6-7,10-11,17H,5,8-9,12-15H2,1-3H3. The molecule has 1 aliphatic carbocycles. The smallest absolute Gasteiger partial charge is 0.410 e. The van der Waals surface area contributed by atoms with Crippen molar-refractivity contribution in [3.05, 3.63) is 35.9 Å². The van der Waals surface area contributed by atoms with E-state index in [2.05, 4.69) is 12.1 Å². The van der Waals surface area contributed by atoms with Crippen molar-refractivity contribution < 1.29 is 9.53 Å². The van der Waals surface area contributed by atoms with Gasteiger partial charge in [0.15, 0.2) is 0 Å². The van der Waals surface area contributed by atoms with Gasteiger partial charge in [0.1, 0.15) is 5.60 Å². The summed E-state index contributed by atoms with van der Waals surface area (Å²) in [6.07, 6.45) is 6.18. The summed E-state index contributed by atoms with van der Waals surface area (Å²) in [5.74, 6) is 0.616. The third-order valence-electron chi connectivity index (χ3n) is 4.07. The van der Waals surface area contributed by atoms with E-state index in [0.717, 1.165) is 12.1 Å². The Kier molecular flexibility index (Phi) is 5.87. The Hall–Kier alpha value is -1.51. The molecule has 1 fully saturated rings. The molecule has 0 atom stereocenters. The lowest BCUT2D eigenvalue weighted by atomic mass is 9.89. The van der Waals surface area contributed by atoms with Gasteiger partial charge in [-0.2, -0.15) is 0 Å². The van der Waals surface area contributed by atoms with E-state index in [1.54, 1.807) is 0 Å². The van der Waals surface area contributed by atoms with Gasteiger partial charge in [-0.3, -0.25) is 0 Å². The van der Waals surface area contributed by atoms with Crippen LogP contribution in [0.3, 0.4) is 0 Å². The maximum absolute atomic E-state index is 12.5. The average Bonchev–Trinajstić information content (AvgIpc) is 2.47. The van der Waals surface area contributed by atoms with Gasteiger partial charge in [-0.1, -0.05) is 49.6 Å². The van der Waals surface area contributed by atoms with Crippen LogP contribution in [0.2, 0.25) is 0 Å². The van der Waals surface area contributed by atoms with Crippen molar-refractivity contribution in [3.63, 3.8) is 0 Å². The van der Waals surface area contributed by atoms with Gasteiger partial charge in [0.05, 0.1) is 0 Å². The summed E-state index contributed by atoms with van der Waals surface area (Å²) >= 11 is 0. The Morgan fingerprint density at radius 3 is 2.36 bits per heavy atom. The Morgan fingerprint density at radius 2 is 1.77 bits per heavy atom. The van der Waals surface area contributed by atoms with Crippen molar-refractivity contribution >= 4 is 6.09 Å². The molecular weight excluding hydrogens is 274 g/mol. The summed E-state index contributed by atoms with van der Waals surface area (Å²) in [4.78, 5) is 14.4. The van der Waals surface area contributed by atoms with Crippen LogP contribution in [0, 0.1) is 5.92 Å². The fraction of sp³-hybridized carbons (Fsp3) is 0.632. The van der Waals surface area contributed by atoms with E-state index in [-0.39, 0.29) is 6.09 Å². The minimum Gasteiger partial charge on any atom is -0.444 e. The van der Waals surface area contributed by atoms with Crippen LogP contribution in [0.15, 0.2) is 30.3 Å². The van der Waals surface area contributed by atoms with Crippen molar-refractivity contribution in [2.24, 2.45) is 5.92 Å². The zero-order chi connectivity index (χ0) is 16.0. The molecule has 0 aliphatic heterocycles. The van der Waals surface area contributed by atoms with Gasteiger partial charge in [0.25, 0.3) is 0 Å². The van der Waals surface area contributed by atoms with Crippen LogP contribution in [0.4, 0.5) is 4.79 Å². The van der Waals surface area contributed by atoms with E-state index in [9.17, 15) is 4.79 Å². The number of ether oxygens (including phenoxy) is 1. The first-order valence-corrected chi connectivity index (χ1v) is 8.46. The van der Waals surface area contributed by atoms with Crippen LogP contribution in [-0.2, 0) is 11.3 Å². The second kappa shape index (κ2) is 7.66. The van der Waals surface area contributed by atoms with E-state index < -0.39 is 5.60 Å². The second-order valence-electron chi connectivity index (χ2n) is 7.35. The molecule has 3 heteroatoms. The summed E-state index contributed by atoms with van der Waals surface area (Å²) in [6, 6.07) is 10.2. The molecule has 22 heavy (non-hydrogen) atoms. The van der Waals surface area contributed by atoms with Crippen molar-refractivity contribution in [2.45, 2.75) is 65.0 Å². The Morgan fingerprint density at radius 1 is 1.14 bits per heavy atom. The predicted octanol–water partition coefficient (Wildman–Crippen LogP) is 5.00. The molecule has 122 valence electrons. The highest BCUT2D eigenvalue weighted by Crippen LogP contribution is 2.25. The van der Waals surface area contributed by atoms with Crippen molar-refractivity contribution in [1.82, 2.24) is 4.90 Å². The number of amides is 1. The molecule has 0 aromatic heterocycles. The van der Waals surface area contributed by atoms with E-state index in [0.29, 0.717) is 12.5 Å². The van der Waals surface area contributed by atoms with Crippen molar-refractivity contribution in [3.8, 4) is 0 Å². The normalized spacial score (nSPS) is 16.3. The van der Waals surface area contributed by atoms with Crippen LogP contribution in [-0.4, -0.2) is 23.1 Å². The average molecular weight is 303 g/mol. The maximum Gasteiger partial charge on any atom is 0.410 e. The highest BCUT2D eigenvalue weighted by molar-refractivity contribution is 5.68. The van der Waals surface area contributed by atoms with Gasteiger partial charge < -0.3 is 9.64 Å². The molecular formula is C19H29NO2. The van der Waals surface area contributed by atoms with Gasteiger partial charge in [0, 0.05) is 13.1 Å². The van der Waals surface area contributed by atoms with Crippen molar-refractivity contribution in [2.75, 3.05) is 6.54 Å². The molecule has 1 saturated carbocycles. The predicted molar refractivity (Wildman–Crippen MR) is 89.7 cm³/mol. The third kappa shape index (κ3) is 5.70. The molecule has 0 radical (unpaired) electrons. The number of carbonyl (C=O) groups is 1. The van der Waals surface area contributed by atoms with Gasteiger partial charge in [-0.25, -0.2) is 4.79 Å². The van der Waals surface area contributed by atoms with E-state index in [1.165, 1.54) is 32.1 Å². The number of benzene rings is 1. The minimum absolute atomic E-state index is 0.193. The molecule has 1 aromatic rings. The van der Waals surface area contributed by atoms with Gasteiger partial charge in [-0.05, 0) is 45.1 Å². The summed E-state index contributed by atoms with van der Waals surface area (Å²) in [5.41, 5.74) is 0.711. The lowest BCUT2D eigenvalue weighted by molar-refractivity contribution is 0.0190. The molecule has 1 amide bonds. The number of nitrogens with zero attached hydrogens (tertiary/aromatic N) is 1. The number of rotatable bonds is 4. The molecule has 0 saturated heterocycles. The molecule has 1 aliphatic rings. The van der Waals surface area contributed by atoms with Gasteiger partial charge >= 0.3 is 6.09 Å². The quantitative estimate of drug-likeness (QED) is 0.783. The Labute approximate surface area is 134 Å². The lowest BCUT2D eigenvalue weighted by Gasteiger charge is -2.31. The zero-order valence-corrected chi connectivity index (χ0v) is 14.2. The van der Waals surface area contributed by atoms with Crippen LogP contribution < -0.4 is 0 Å². The third-order valence-corrected chi connectivity index (χ3v) is 4.07. The zero-order valence-electron chi connectivity index (χ0n) is 14.2. The van der Waals surface area contributed by atoms with E-state index >= 15 is 0 Å². The molecule has 3 nitrogen and oxygen atoms in total. The van der Waals surface area contributed by atoms with Crippen molar-refractivity contribution in [1.29, 1.82) is 0 Å². The fourth-order valence-corrected chi connectivity index (χ4v) is 3.02. The SMILES string of the molecule is CC(C)(C)OC(=O)N(Cc1ccccc1)CC1CCCCC1. The number of hydrogen-bond acceptors (Lipinski definition) is 2. The Balaban J connectivity index is 2.03. The molecule has 0 heterocycles. The molecule has 0 spiro atoms. The van der Waals surface area contributed by atoms with Gasteiger partial charge in [0.2, 0.25) is 0 Å². The molecule has 1 aromatic carbocycles. The topological polar surface area (TPSA) is 29.5 Å². The van der Waals surface area contributed by atoms with E-state index in [1.807, 2.05) is 43.9 Å². The van der Waals surface area contributed by atoms with Crippen LogP contribution in [0.5, 0.6) is 0 Å². The first kappa shape index (κ1) is 16.9. The molecule has 0 N–H and O–H groups in total. The van der Waals surface area contributed by atoms with Crippen LogP contribution >= 0.6 is 0 Å². The largest absolute Gasteiger partial charge is 0.444 e. The summed E-state index contributed by atoms with van der Waals surface area (Å²) in [6.45, 7) is 7.21. The molecule has 0 unspecified atom stereocenters. The highest BCUT2D eigenvalue weighted by atomic mass is 16.6. The monoisotopic (exact) mass is 303 g/mol. The number of hydrogen-bond donors (Lipinski definition) is 0. The van der Waals surface area contributed by atoms with Crippen LogP contribution in [0.1, 0.15) is 58.4 Å². The minimum atomic E-state index is -0.446. The second-order valence-corrected chi connectivity index (χ2v) is 7.35. The fourth-order valence-electron chi connectivity index (χ4n) is 3.02. The summed E-state index contributed by atoms with van der Waals surface area (Å²) in [7, 11) is 0. The molecule has 0 bridgehead atoms. The van der Waals surface area contributed by atoms with Crippen LogP contribution in [0.25, 0.3) is 0 Å². The first-order valence-electron chi connectivity index (χ1n) is 8.46. The summed E-state index contributed by atoms with van der Waals surface area (Å²) < 4.78 is 5.60. The first-order chi connectivity index (χ1) is 10.4. The summed E-state index contributed by atoms with van der Waals surface area (Å²) in [5, 5.41) is 0.